The standard InChI is InChI=1S/C36H50O3P2Se2/c1-21(2)40(42,22(3)4)30-18-16-15-17-29(30)37-41(43)38-33-27(35(9,10)11)19-23(5)25(7)31(33)32-26(8)24(6)20-28(34(32)39-41)36(12,13)14/h15-22H,1-14H3. The molecule has 0 spiro atoms. The monoisotopic (exact) mass is 752 g/mol. The molecule has 4 rings (SSSR count). The maximum absolute atomic E-state index is 7.19. The van der Waals surface area contributed by atoms with Crippen molar-refractivity contribution >= 4 is 48.1 Å². The van der Waals surface area contributed by atoms with Crippen LogP contribution < -0.4 is 18.9 Å². The average Bonchev–Trinajstić information content (AvgIpc) is 3.00. The number of para-hydroxylation sites is 1. The van der Waals surface area contributed by atoms with Crippen LogP contribution in [0.25, 0.3) is 11.1 Å². The molecule has 3 aromatic carbocycles. The van der Waals surface area contributed by atoms with Crippen molar-refractivity contribution in [2.24, 2.45) is 0 Å². The fourth-order valence-electron chi connectivity index (χ4n) is 6.07. The van der Waals surface area contributed by atoms with Crippen molar-refractivity contribution < 1.29 is 13.6 Å². The van der Waals surface area contributed by atoms with Crippen LogP contribution in [0.15, 0.2) is 36.4 Å². The van der Waals surface area contributed by atoms with Crippen LogP contribution in [-0.2, 0) is 10.8 Å². The van der Waals surface area contributed by atoms with Gasteiger partial charge in [0.05, 0.1) is 0 Å². The molecule has 234 valence electrons. The molecule has 3 nitrogen and oxygen atoms in total. The molecule has 43 heavy (non-hydrogen) atoms. The molecule has 0 radical (unpaired) electrons. The van der Waals surface area contributed by atoms with Gasteiger partial charge in [0, 0.05) is 0 Å². The van der Waals surface area contributed by atoms with E-state index in [-0.39, 0.29) is 10.8 Å². The molecule has 0 saturated heterocycles. The van der Waals surface area contributed by atoms with Gasteiger partial charge in [-0.3, -0.25) is 0 Å². The Morgan fingerprint density at radius 2 is 1.14 bits per heavy atom. The normalized spacial score (nSPS) is 15.0. The van der Waals surface area contributed by atoms with E-state index in [2.05, 4.69) is 164 Å². The first-order chi connectivity index (χ1) is 19.6. The topological polar surface area (TPSA) is 27.7 Å². The molecule has 1 heterocycles. The van der Waals surface area contributed by atoms with Crippen LogP contribution >= 0.6 is 12.1 Å². The van der Waals surface area contributed by atoms with Gasteiger partial charge in [-0.25, -0.2) is 0 Å². The molecule has 7 heteroatoms. The summed E-state index contributed by atoms with van der Waals surface area (Å²) in [4.78, 5) is 0. The zero-order valence-corrected chi connectivity index (χ0v) is 33.8. The van der Waals surface area contributed by atoms with Gasteiger partial charge in [-0.2, -0.15) is 0 Å². The van der Waals surface area contributed by atoms with Crippen LogP contribution in [0.3, 0.4) is 0 Å². The van der Waals surface area contributed by atoms with Gasteiger partial charge < -0.3 is 0 Å². The molecule has 0 aliphatic carbocycles. The SMILES string of the molecule is Cc1cc(C(C)(C)C)c2c(c1C)-c1c(C)c(C)cc(C(C)(C)C)c1O[P+]([Se-])(Oc1ccccc1P(=[Se])(C(C)C)C(C)C)O2. The zero-order chi connectivity index (χ0) is 32.4. The third kappa shape index (κ3) is 6.35. The Morgan fingerprint density at radius 1 is 0.744 bits per heavy atom. The Hall–Kier alpha value is -1.04. The third-order valence-electron chi connectivity index (χ3n) is 8.86. The number of aryl methyl sites for hydroxylation is 2. The molecule has 0 atom stereocenters. The molecule has 0 amide bonds. The maximum atomic E-state index is 7.19. The van der Waals surface area contributed by atoms with Gasteiger partial charge in [0.1, 0.15) is 0 Å². The molecule has 3 aromatic rings. The van der Waals surface area contributed by atoms with Crippen LogP contribution in [0.5, 0.6) is 17.2 Å². The van der Waals surface area contributed by atoms with Crippen LogP contribution in [0.2, 0.25) is 0 Å². The molecule has 0 N–H and O–H groups in total. The first-order valence-electron chi connectivity index (χ1n) is 15.3. The van der Waals surface area contributed by atoms with E-state index in [1.807, 2.05) is 0 Å². The fourth-order valence-corrected chi connectivity index (χ4v) is 13.0. The predicted octanol–water partition coefficient (Wildman–Crippen LogP) is 10.4. The van der Waals surface area contributed by atoms with E-state index in [1.54, 1.807) is 0 Å². The van der Waals surface area contributed by atoms with E-state index in [1.165, 1.54) is 27.6 Å². The number of hydrogen-bond acceptors (Lipinski definition) is 3. The van der Waals surface area contributed by atoms with Crippen LogP contribution in [0, 0.1) is 27.7 Å². The summed E-state index contributed by atoms with van der Waals surface area (Å²) in [7, 11) is 0. The summed E-state index contributed by atoms with van der Waals surface area (Å²) in [5.41, 5.74) is 8.38. The van der Waals surface area contributed by atoms with Crippen molar-refractivity contribution in [1.82, 2.24) is 0 Å². The number of benzene rings is 3. The van der Waals surface area contributed by atoms with E-state index in [0.717, 1.165) is 39.5 Å². The quantitative estimate of drug-likeness (QED) is 0.192. The molecular weight excluding hydrogens is 700 g/mol. The van der Waals surface area contributed by atoms with Crippen molar-refractivity contribution in [2.75, 3.05) is 0 Å². The summed E-state index contributed by atoms with van der Waals surface area (Å²) in [6.07, 6.45) is 0. The molecule has 0 unspecified atom stereocenters. The summed E-state index contributed by atoms with van der Waals surface area (Å²) >= 11 is 7.05. The van der Waals surface area contributed by atoms with Gasteiger partial charge in [0.25, 0.3) is 0 Å². The first-order valence-corrected chi connectivity index (χ1v) is 23.2. The molecule has 1 aliphatic heterocycles. The fraction of sp³-hybridized carbons (Fsp3) is 0.500. The van der Waals surface area contributed by atoms with Gasteiger partial charge in [0.15, 0.2) is 0 Å². The molecule has 0 bridgehead atoms. The summed E-state index contributed by atoms with van der Waals surface area (Å²) in [6, 6.07) is 13.1. The van der Waals surface area contributed by atoms with Crippen LogP contribution in [-0.4, -0.2) is 42.0 Å². The Morgan fingerprint density at radius 3 is 1.51 bits per heavy atom. The predicted molar refractivity (Wildman–Crippen MR) is 192 cm³/mol. The van der Waals surface area contributed by atoms with Crippen molar-refractivity contribution in [3.63, 3.8) is 0 Å². The summed E-state index contributed by atoms with van der Waals surface area (Å²) in [5.74, 6) is 2.56. The Kier molecular flexibility index (Phi) is 9.68. The molecule has 0 saturated carbocycles. The van der Waals surface area contributed by atoms with Crippen LogP contribution in [0.4, 0.5) is 0 Å². The van der Waals surface area contributed by atoms with E-state index in [9.17, 15) is 0 Å². The van der Waals surface area contributed by atoms with E-state index < -0.39 is 12.1 Å². The summed E-state index contributed by atoms with van der Waals surface area (Å²) in [5, 5.41) is 1.23. The second kappa shape index (κ2) is 12.0. The minimum absolute atomic E-state index is 0.158. The minimum atomic E-state index is -3.13. The zero-order valence-electron chi connectivity index (χ0n) is 28.6. The van der Waals surface area contributed by atoms with Crippen molar-refractivity contribution in [3.05, 3.63) is 69.8 Å². The summed E-state index contributed by atoms with van der Waals surface area (Å²) in [6.45, 7) is 28.5. The summed E-state index contributed by atoms with van der Waals surface area (Å²) < 4.78 is 21.5. The second-order valence-corrected chi connectivity index (χ2v) is 26.8. The van der Waals surface area contributed by atoms with Crippen molar-refractivity contribution in [2.45, 2.75) is 119 Å². The van der Waals surface area contributed by atoms with E-state index in [0.29, 0.717) is 11.3 Å². The van der Waals surface area contributed by atoms with E-state index >= 15 is 0 Å². The number of fused-ring (bicyclic) bond motifs is 3. The van der Waals surface area contributed by atoms with E-state index in [4.69, 9.17) is 13.6 Å². The van der Waals surface area contributed by atoms with Gasteiger partial charge in [-0.15, -0.1) is 0 Å². The number of rotatable bonds is 5. The average molecular weight is 751 g/mol. The first kappa shape index (κ1) is 34.8. The van der Waals surface area contributed by atoms with Gasteiger partial charge >= 0.3 is 279 Å². The Bertz CT molecular complexity index is 1520. The Labute approximate surface area is 277 Å². The number of hydrogen-bond donors (Lipinski definition) is 0. The molecule has 1 aliphatic rings. The van der Waals surface area contributed by atoms with Crippen molar-refractivity contribution in [3.8, 4) is 28.4 Å². The molecule has 0 aromatic heterocycles. The van der Waals surface area contributed by atoms with Gasteiger partial charge in [-0.1, -0.05) is 0 Å². The van der Waals surface area contributed by atoms with Gasteiger partial charge in [0.2, 0.25) is 0 Å². The van der Waals surface area contributed by atoms with Crippen molar-refractivity contribution in [1.29, 1.82) is 0 Å². The molecule has 0 fully saturated rings. The van der Waals surface area contributed by atoms with Crippen LogP contribution in [0.1, 0.15) is 103 Å². The van der Waals surface area contributed by atoms with Gasteiger partial charge in [-0.05, 0) is 0 Å². The molecular formula is C36H50O3P2Se2. The third-order valence-corrected chi connectivity index (χ3v) is 22.2. The second-order valence-electron chi connectivity index (χ2n) is 14.7. The Balaban J connectivity index is 2.11.